The summed E-state index contributed by atoms with van der Waals surface area (Å²) in [6.07, 6.45) is 12.6. The molecule has 104 valence electrons. The zero-order valence-corrected chi connectivity index (χ0v) is 13.9. The molecule has 0 unspecified atom stereocenters. The molecule has 2 heteroatoms. The van der Waals surface area contributed by atoms with E-state index in [1.54, 1.807) is 0 Å². The van der Waals surface area contributed by atoms with Crippen molar-refractivity contribution >= 4 is 8.32 Å². The predicted molar refractivity (Wildman–Crippen MR) is 81.3 cm³/mol. The standard InChI is InChI=1S/C16H30OSi/c1-15(2,3)18(4,5)17-16-11-7-6-9-14(13-16)10-8-12-16/h6,9,14H,7-8,10-13H2,1-5H3/t14-,16-/m0/s1. The Labute approximate surface area is 114 Å². The van der Waals surface area contributed by atoms with Crippen molar-refractivity contribution in [3.05, 3.63) is 12.2 Å². The fourth-order valence-corrected chi connectivity index (χ4v) is 4.91. The molecule has 0 aromatic rings. The van der Waals surface area contributed by atoms with Gasteiger partial charge in [0.15, 0.2) is 8.32 Å². The van der Waals surface area contributed by atoms with Gasteiger partial charge in [0.25, 0.3) is 0 Å². The summed E-state index contributed by atoms with van der Waals surface area (Å²) >= 11 is 0. The van der Waals surface area contributed by atoms with Crippen molar-refractivity contribution in [1.82, 2.24) is 0 Å². The molecule has 1 saturated carbocycles. The lowest BCUT2D eigenvalue weighted by Crippen LogP contribution is -2.51. The molecule has 0 saturated heterocycles. The quantitative estimate of drug-likeness (QED) is 0.487. The van der Waals surface area contributed by atoms with Gasteiger partial charge >= 0.3 is 0 Å². The lowest BCUT2D eigenvalue weighted by Gasteiger charge is -2.48. The Morgan fingerprint density at radius 3 is 2.61 bits per heavy atom. The van der Waals surface area contributed by atoms with E-state index in [4.69, 9.17) is 4.43 Å². The van der Waals surface area contributed by atoms with Crippen LogP contribution in [0.5, 0.6) is 0 Å². The molecule has 0 N–H and O–H groups in total. The Balaban J connectivity index is 2.16. The fraction of sp³-hybridized carbons (Fsp3) is 0.875. The van der Waals surface area contributed by atoms with E-state index in [2.05, 4.69) is 46.0 Å². The molecule has 0 heterocycles. The Morgan fingerprint density at radius 2 is 1.94 bits per heavy atom. The zero-order valence-electron chi connectivity index (χ0n) is 12.9. The highest BCUT2D eigenvalue weighted by Crippen LogP contribution is 2.47. The molecule has 2 aliphatic carbocycles. The first kappa shape index (κ1) is 14.3. The van der Waals surface area contributed by atoms with Gasteiger partial charge in [-0.3, -0.25) is 0 Å². The smallest absolute Gasteiger partial charge is 0.192 e. The second-order valence-corrected chi connectivity index (χ2v) is 12.6. The Kier molecular flexibility index (Phi) is 3.81. The van der Waals surface area contributed by atoms with Crippen LogP contribution in [0.1, 0.15) is 59.3 Å². The normalized spacial score (nSPS) is 33.3. The SMILES string of the molecule is CC(C)(C)[Si](C)(C)O[C@@]12CCC=C[C@@H](CCC1)C2. The van der Waals surface area contributed by atoms with Crippen molar-refractivity contribution in [1.29, 1.82) is 0 Å². The van der Waals surface area contributed by atoms with E-state index in [9.17, 15) is 0 Å². The van der Waals surface area contributed by atoms with Gasteiger partial charge in [-0.05, 0) is 56.2 Å². The Morgan fingerprint density at radius 1 is 1.22 bits per heavy atom. The molecule has 1 nitrogen and oxygen atoms in total. The summed E-state index contributed by atoms with van der Waals surface area (Å²) in [6, 6.07) is 0. The minimum atomic E-state index is -1.63. The molecule has 0 aromatic carbocycles. The van der Waals surface area contributed by atoms with Crippen LogP contribution in [0.25, 0.3) is 0 Å². The van der Waals surface area contributed by atoms with Gasteiger partial charge in [0.2, 0.25) is 0 Å². The summed E-state index contributed by atoms with van der Waals surface area (Å²) in [5.74, 6) is 0.783. The number of hydrogen-bond donors (Lipinski definition) is 0. The Hall–Kier alpha value is -0.0831. The topological polar surface area (TPSA) is 9.23 Å². The van der Waals surface area contributed by atoms with Crippen LogP contribution in [0.15, 0.2) is 12.2 Å². The van der Waals surface area contributed by atoms with Crippen LogP contribution >= 0.6 is 0 Å². The summed E-state index contributed by atoms with van der Waals surface area (Å²) in [6.45, 7) is 11.9. The first-order valence-electron chi connectivity index (χ1n) is 7.61. The molecule has 1 fully saturated rings. The highest BCUT2D eigenvalue weighted by molar-refractivity contribution is 6.74. The summed E-state index contributed by atoms with van der Waals surface area (Å²) in [7, 11) is -1.63. The fourth-order valence-electron chi connectivity index (χ4n) is 3.23. The molecule has 2 atom stereocenters. The lowest BCUT2D eigenvalue weighted by molar-refractivity contribution is 0.0000744. The highest BCUT2D eigenvalue weighted by Gasteiger charge is 2.46. The van der Waals surface area contributed by atoms with Crippen molar-refractivity contribution in [2.24, 2.45) is 5.92 Å². The van der Waals surface area contributed by atoms with E-state index in [0.29, 0.717) is 5.04 Å². The molecule has 18 heavy (non-hydrogen) atoms. The van der Waals surface area contributed by atoms with E-state index in [0.717, 1.165) is 5.92 Å². The number of hydrogen-bond acceptors (Lipinski definition) is 1. The lowest BCUT2D eigenvalue weighted by atomic mass is 9.77. The monoisotopic (exact) mass is 266 g/mol. The third kappa shape index (κ3) is 2.90. The van der Waals surface area contributed by atoms with Crippen LogP contribution in [0.3, 0.4) is 0 Å². The maximum atomic E-state index is 6.88. The maximum Gasteiger partial charge on any atom is 0.192 e. The molecule has 0 amide bonds. The van der Waals surface area contributed by atoms with Crippen LogP contribution in [0.4, 0.5) is 0 Å². The van der Waals surface area contributed by atoms with Crippen LogP contribution in [0.2, 0.25) is 18.1 Å². The summed E-state index contributed by atoms with van der Waals surface area (Å²) in [4.78, 5) is 0. The maximum absolute atomic E-state index is 6.88. The second kappa shape index (κ2) is 4.79. The van der Waals surface area contributed by atoms with Crippen molar-refractivity contribution in [2.75, 3.05) is 0 Å². The molecular weight excluding hydrogens is 236 g/mol. The van der Waals surface area contributed by atoms with Gasteiger partial charge in [0, 0.05) is 0 Å². The largest absolute Gasteiger partial charge is 0.411 e. The summed E-state index contributed by atoms with van der Waals surface area (Å²) < 4.78 is 6.88. The van der Waals surface area contributed by atoms with Gasteiger partial charge < -0.3 is 4.43 Å². The van der Waals surface area contributed by atoms with Crippen molar-refractivity contribution in [3.63, 3.8) is 0 Å². The second-order valence-electron chi connectivity index (χ2n) is 7.87. The van der Waals surface area contributed by atoms with Crippen LogP contribution in [-0.2, 0) is 4.43 Å². The van der Waals surface area contributed by atoms with Gasteiger partial charge in [-0.1, -0.05) is 39.3 Å². The minimum Gasteiger partial charge on any atom is -0.411 e. The van der Waals surface area contributed by atoms with E-state index in [1.165, 1.54) is 38.5 Å². The molecule has 0 aliphatic heterocycles. The molecule has 2 rings (SSSR count). The van der Waals surface area contributed by atoms with E-state index in [1.807, 2.05) is 0 Å². The number of fused-ring (bicyclic) bond motifs is 2. The number of rotatable bonds is 2. The summed E-state index contributed by atoms with van der Waals surface area (Å²) in [5.41, 5.74) is 0.204. The molecule has 0 spiro atoms. The van der Waals surface area contributed by atoms with Gasteiger partial charge in [0.05, 0.1) is 5.60 Å². The zero-order chi connectivity index (χ0) is 13.4. The molecule has 0 radical (unpaired) electrons. The molecular formula is C16H30OSi. The first-order chi connectivity index (χ1) is 8.24. The third-order valence-corrected chi connectivity index (χ3v) is 9.85. The van der Waals surface area contributed by atoms with Crippen LogP contribution < -0.4 is 0 Å². The average Bonchev–Trinajstić information content (AvgIpc) is 2.35. The van der Waals surface area contributed by atoms with Crippen LogP contribution in [-0.4, -0.2) is 13.9 Å². The molecule has 2 bridgehead atoms. The van der Waals surface area contributed by atoms with Gasteiger partial charge in [0.1, 0.15) is 0 Å². The van der Waals surface area contributed by atoms with Crippen molar-refractivity contribution in [2.45, 2.75) is 83.0 Å². The van der Waals surface area contributed by atoms with E-state index < -0.39 is 8.32 Å². The van der Waals surface area contributed by atoms with E-state index >= 15 is 0 Å². The molecule has 2 aliphatic rings. The number of allylic oxidation sites excluding steroid dienone is 2. The van der Waals surface area contributed by atoms with Crippen molar-refractivity contribution in [3.8, 4) is 0 Å². The van der Waals surface area contributed by atoms with Crippen molar-refractivity contribution < 1.29 is 4.43 Å². The highest BCUT2D eigenvalue weighted by atomic mass is 28.4. The van der Waals surface area contributed by atoms with Gasteiger partial charge in [-0.15, -0.1) is 0 Å². The average molecular weight is 267 g/mol. The third-order valence-electron chi connectivity index (χ3n) is 5.29. The van der Waals surface area contributed by atoms with Gasteiger partial charge in [-0.25, -0.2) is 0 Å². The minimum absolute atomic E-state index is 0.204. The molecule has 0 aromatic heterocycles. The Bertz CT molecular complexity index is 326. The van der Waals surface area contributed by atoms with Crippen LogP contribution in [0, 0.1) is 5.92 Å². The van der Waals surface area contributed by atoms with Gasteiger partial charge in [-0.2, -0.15) is 0 Å². The summed E-state index contributed by atoms with van der Waals surface area (Å²) in [5, 5.41) is 0.328. The van der Waals surface area contributed by atoms with E-state index in [-0.39, 0.29) is 5.60 Å². The first-order valence-corrected chi connectivity index (χ1v) is 10.5. The predicted octanol–water partition coefficient (Wildman–Crippen LogP) is 5.29.